The van der Waals surface area contributed by atoms with Crippen LogP contribution in [0.3, 0.4) is 0 Å². The van der Waals surface area contributed by atoms with Gasteiger partial charge in [0.2, 0.25) is 0 Å². The van der Waals surface area contributed by atoms with E-state index in [0.29, 0.717) is 17.5 Å². The van der Waals surface area contributed by atoms with Gasteiger partial charge in [-0.05, 0) is 24.1 Å². The van der Waals surface area contributed by atoms with Gasteiger partial charge >= 0.3 is 17.1 Å². The molecule has 1 heterocycles. The SMILES string of the molecule is CC(Cc1ccc2[nH]c(=O)c(=O)[nH]c2c1)C(=O)O. The summed E-state index contributed by atoms with van der Waals surface area (Å²) in [5.74, 6) is -1.37. The molecule has 1 unspecified atom stereocenters. The second-order valence-electron chi connectivity index (χ2n) is 4.23. The zero-order chi connectivity index (χ0) is 13.3. The van der Waals surface area contributed by atoms with Crippen molar-refractivity contribution in [2.24, 2.45) is 5.92 Å². The molecule has 1 aromatic heterocycles. The lowest BCUT2D eigenvalue weighted by Gasteiger charge is -2.07. The third kappa shape index (κ3) is 2.32. The Morgan fingerprint density at radius 2 is 1.83 bits per heavy atom. The van der Waals surface area contributed by atoms with Crippen LogP contribution in [0.25, 0.3) is 11.0 Å². The Bertz CT molecular complexity index is 714. The topological polar surface area (TPSA) is 103 Å². The normalized spacial score (nSPS) is 12.5. The highest BCUT2D eigenvalue weighted by Gasteiger charge is 2.12. The Hall–Kier alpha value is -2.37. The number of fused-ring (bicyclic) bond motifs is 1. The van der Waals surface area contributed by atoms with Gasteiger partial charge in [-0.2, -0.15) is 0 Å². The maximum Gasteiger partial charge on any atom is 0.314 e. The third-order valence-corrected chi connectivity index (χ3v) is 2.75. The van der Waals surface area contributed by atoms with Gasteiger partial charge in [0.05, 0.1) is 17.0 Å². The number of carboxylic acids is 1. The summed E-state index contributed by atoms with van der Waals surface area (Å²) in [6.07, 6.45) is 0.367. The van der Waals surface area contributed by atoms with Crippen LogP contribution in [-0.2, 0) is 11.2 Å². The minimum absolute atomic E-state index is 0.367. The average molecular weight is 248 g/mol. The van der Waals surface area contributed by atoms with Crippen LogP contribution in [0, 0.1) is 5.92 Å². The van der Waals surface area contributed by atoms with Crippen LogP contribution in [0.4, 0.5) is 0 Å². The highest BCUT2D eigenvalue weighted by molar-refractivity contribution is 5.75. The Morgan fingerprint density at radius 1 is 1.22 bits per heavy atom. The zero-order valence-corrected chi connectivity index (χ0v) is 9.69. The smallest absolute Gasteiger partial charge is 0.314 e. The molecule has 6 nitrogen and oxygen atoms in total. The van der Waals surface area contributed by atoms with E-state index in [0.717, 1.165) is 5.56 Å². The largest absolute Gasteiger partial charge is 0.481 e. The molecule has 0 amide bonds. The standard InChI is InChI=1S/C12H12N2O4/c1-6(12(17)18)4-7-2-3-8-9(5-7)14-11(16)10(15)13-8/h2-3,5-6H,4H2,1H3,(H,13,15)(H,14,16)(H,17,18). The summed E-state index contributed by atoms with van der Waals surface area (Å²) in [5, 5.41) is 8.83. The molecule has 18 heavy (non-hydrogen) atoms. The van der Waals surface area contributed by atoms with Crippen LogP contribution < -0.4 is 11.1 Å². The summed E-state index contributed by atoms with van der Waals surface area (Å²) >= 11 is 0. The molecule has 2 aromatic rings. The van der Waals surface area contributed by atoms with Crippen molar-refractivity contribution in [1.29, 1.82) is 0 Å². The van der Waals surface area contributed by atoms with Crippen LogP contribution >= 0.6 is 0 Å². The number of rotatable bonds is 3. The third-order valence-electron chi connectivity index (χ3n) is 2.75. The molecular formula is C12H12N2O4. The van der Waals surface area contributed by atoms with Crippen molar-refractivity contribution in [1.82, 2.24) is 9.97 Å². The quantitative estimate of drug-likeness (QED) is 0.687. The second kappa shape index (κ2) is 4.48. The van der Waals surface area contributed by atoms with Gasteiger partial charge in [-0.3, -0.25) is 14.4 Å². The minimum Gasteiger partial charge on any atom is -0.481 e. The van der Waals surface area contributed by atoms with Crippen LogP contribution in [0.15, 0.2) is 27.8 Å². The average Bonchev–Trinajstić information content (AvgIpc) is 2.31. The molecular weight excluding hydrogens is 236 g/mol. The molecule has 3 N–H and O–H groups in total. The molecule has 0 aliphatic heterocycles. The highest BCUT2D eigenvalue weighted by Crippen LogP contribution is 2.13. The number of carbonyl (C=O) groups is 1. The van der Waals surface area contributed by atoms with Crippen molar-refractivity contribution in [3.8, 4) is 0 Å². The van der Waals surface area contributed by atoms with Gasteiger partial charge in [0, 0.05) is 0 Å². The van der Waals surface area contributed by atoms with Crippen LogP contribution in [0.2, 0.25) is 0 Å². The number of hydrogen-bond donors (Lipinski definition) is 3. The second-order valence-corrected chi connectivity index (χ2v) is 4.23. The van der Waals surface area contributed by atoms with Gasteiger partial charge < -0.3 is 15.1 Å². The predicted octanol–water partition coefficient (Wildman–Crippen LogP) is 0.480. The van der Waals surface area contributed by atoms with Gasteiger partial charge in [0.15, 0.2) is 0 Å². The molecule has 2 rings (SSSR count). The summed E-state index contributed by atoms with van der Waals surface area (Å²) in [6, 6.07) is 5.05. The fraction of sp³-hybridized carbons (Fsp3) is 0.250. The lowest BCUT2D eigenvalue weighted by molar-refractivity contribution is -0.141. The maximum atomic E-state index is 11.2. The predicted molar refractivity (Wildman–Crippen MR) is 65.7 cm³/mol. The van der Waals surface area contributed by atoms with Gasteiger partial charge in [0.25, 0.3) is 0 Å². The maximum absolute atomic E-state index is 11.2. The monoisotopic (exact) mass is 248 g/mol. The summed E-state index contributed by atoms with van der Waals surface area (Å²) in [4.78, 5) is 37.9. The van der Waals surface area contributed by atoms with E-state index in [4.69, 9.17) is 5.11 Å². The van der Waals surface area contributed by atoms with Gasteiger partial charge in [-0.15, -0.1) is 0 Å². The first kappa shape index (κ1) is 12.1. The van der Waals surface area contributed by atoms with E-state index in [2.05, 4.69) is 9.97 Å². The molecule has 0 saturated carbocycles. The molecule has 1 atom stereocenters. The lowest BCUT2D eigenvalue weighted by atomic mass is 10.0. The Morgan fingerprint density at radius 3 is 2.44 bits per heavy atom. The number of nitrogens with one attached hydrogen (secondary N) is 2. The van der Waals surface area contributed by atoms with E-state index in [1.54, 1.807) is 25.1 Å². The van der Waals surface area contributed by atoms with Crippen LogP contribution in [0.1, 0.15) is 12.5 Å². The van der Waals surface area contributed by atoms with E-state index in [1.165, 1.54) is 0 Å². The van der Waals surface area contributed by atoms with E-state index < -0.39 is 23.0 Å². The molecule has 1 aromatic carbocycles. The summed E-state index contributed by atoms with van der Waals surface area (Å²) < 4.78 is 0. The zero-order valence-electron chi connectivity index (χ0n) is 9.69. The number of benzene rings is 1. The first-order valence-electron chi connectivity index (χ1n) is 5.45. The summed E-state index contributed by atoms with van der Waals surface area (Å²) in [7, 11) is 0. The number of aromatic nitrogens is 2. The first-order valence-corrected chi connectivity index (χ1v) is 5.45. The lowest BCUT2D eigenvalue weighted by Crippen LogP contribution is -2.28. The minimum atomic E-state index is -0.870. The Balaban J connectivity index is 2.44. The van der Waals surface area contributed by atoms with Crippen LogP contribution in [-0.4, -0.2) is 21.0 Å². The molecule has 0 aliphatic carbocycles. The summed E-state index contributed by atoms with van der Waals surface area (Å²) in [6.45, 7) is 1.61. The summed E-state index contributed by atoms with van der Waals surface area (Å²) in [5.41, 5.74) is 0.390. The number of carboxylic acid groups (broad SMARTS) is 1. The van der Waals surface area contributed by atoms with Crippen molar-refractivity contribution >= 4 is 17.0 Å². The molecule has 0 bridgehead atoms. The molecule has 0 fully saturated rings. The van der Waals surface area contributed by atoms with Gasteiger partial charge in [-0.25, -0.2) is 0 Å². The van der Waals surface area contributed by atoms with Crippen molar-refractivity contribution in [2.75, 3.05) is 0 Å². The van der Waals surface area contributed by atoms with E-state index in [-0.39, 0.29) is 0 Å². The van der Waals surface area contributed by atoms with Crippen molar-refractivity contribution < 1.29 is 9.90 Å². The Labute approximate surface area is 101 Å². The number of hydrogen-bond acceptors (Lipinski definition) is 3. The number of H-pyrrole nitrogens is 2. The van der Waals surface area contributed by atoms with Crippen molar-refractivity contribution in [3.05, 3.63) is 44.5 Å². The highest BCUT2D eigenvalue weighted by atomic mass is 16.4. The van der Waals surface area contributed by atoms with E-state index in [1.807, 2.05) is 0 Å². The molecule has 0 spiro atoms. The molecule has 94 valence electrons. The van der Waals surface area contributed by atoms with Crippen LogP contribution in [0.5, 0.6) is 0 Å². The fourth-order valence-electron chi connectivity index (χ4n) is 1.73. The molecule has 0 saturated heterocycles. The number of aliphatic carboxylic acids is 1. The molecule has 0 radical (unpaired) electrons. The van der Waals surface area contributed by atoms with E-state index >= 15 is 0 Å². The molecule has 6 heteroatoms. The number of aromatic amines is 2. The van der Waals surface area contributed by atoms with Gasteiger partial charge in [0.1, 0.15) is 0 Å². The van der Waals surface area contributed by atoms with E-state index in [9.17, 15) is 14.4 Å². The van der Waals surface area contributed by atoms with Gasteiger partial charge in [-0.1, -0.05) is 13.0 Å². The fourth-order valence-corrected chi connectivity index (χ4v) is 1.73. The Kier molecular flexibility index (Phi) is 3.01. The first-order chi connectivity index (χ1) is 8.47. The molecule has 0 aliphatic rings. The van der Waals surface area contributed by atoms with Crippen molar-refractivity contribution in [2.45, 2.75) is 13.3 Å². The van der Waals surface area contributed by atoms with Crippen molar-refractivity contribution in [3.63, 3.8) is 0 Å².